The fourth-order valence-corrected chi connectivity index (χ4v) is 2.83. The number of benzene rings is 1. The van der Waals surface area contributed by atoms with Crippen LogP contribution in [0.2, 0.25) is 0 Å². The molecule has 3 rings (SSSR count). The number of fused-ring (bicyclic) bond motifs is 3. The van der Waals surface area contributed by atoms with Crippen LogP contribution >= 0.6 is 0 Å². The molecular formula is C12H14N2O2. The molecule has 0 unspecified atom stereocenters. The molecule has 2 aliphatic heterocycles. The lowest BCUT2D eigenvalue weighted by Crippen LogP contribution is -2.49. The van der Waals surface area contributed by atoms with Crippen molar-refractivity contribution in [3.8, 4) is 0 Å². The van der Waals surface area contributed by atoms with Gasteiger partial charge in [-0.25, -0.2) is 0 Å². The summed E-state index contributed by atoms with van der Waals surface area (Å²) < 4.78 is 0. The van der Waals surface area contributed by atoms with Gasteiger partial charge in [0.25, 0.3) is 0 Å². The second kappa shape index (κ2) is 3.06. The normalized spacial score (nSPS) is 31.4. The van der Waals surface area contributed by atoms with Crippen molar-refractivity contribution >= 4 is 11.6 Å². The Balaban J connectivity index is 2.21. The highest BCUT2D eigenvalue weighted by Crippen LogP contribution is 2.46. The largest absolute Gasteiger partial charge is 0.381 e. The summed E-state index contributed by atoms with van der Waals surface area (Å²) in [7, 11) is 0. The van der Waals surface area contributed by atoms with E-state index >= 15 is 0 Å². The molecule has 0 aliphatic carbocycles. The lowest BCUT2D eigenvalue weighted by Gasteiger charge is -2.27. The van der Waals surface area contributed by atoms with E-state index in [2.05, 4.69) is 5.32 Å². The molecule has 0 radical (unpaired) electrons. The van der Waals surface area contributed by atoms with Crippen LogP contribution in [0.5, 0.6) is 0 Å². The highest BCUT2D eigenvalue weighted by Gasteiger charge is 2.53. The average molecular weight is 218 g/mol. The van der Waals surface area contributed by atoms with E-state index in [0.29, 0.717) is 6.42 Å². The Labute approximate surface area is 93.9 Å². The van der Waals surface area contributed by atoms with Gasteiger partial charge >= 0.3 is 0 Å². The van der Waals surface area contributed by atoms with Crippen LogP contribution < -0.4 is 10.2 Å². The molecule has 2 atom stereocenters. The minimum atomic E-state index is -0.914. The number of rotatable bonds is 0. The Kier molecular flexibility index (Phi) is 1.87. The number of carbonyl (C=O) groups is 1. The Bertz CT molecular complexity index is 460. The molecule has 16 heavy (non-hydrogen) atoms. The Morgan fingerprint density at radius 1 is 1.56 bits per heavy atom. The molecule has 2 aliphatic rings. The lowest BCUT2D eigenvalue weighted by molar-refractivity contribution is -0.118. The highest BCUT2D eigenvalue weighted by molar-refractivity contribution is 5.95. The molecule has 2 heterocycles. The number of anilines is 1. The molecule has 0 bridgehead atoms. The van der Waals surface area contributed by atoms with Crippen molar-refractivity contribution in [3.63, 3.8) is 0 Å². The van der Waals surface area contributed by atoms with Gasteiger partial charge in [0.1, 0.15) is 11.8 Å². The first-order valence-corrected chi connectivity index (χ1v) is 5.49. The molecule has 1 saturated heterocycles. The zero-order valence-electron chi connectivity index (χ0n) is 9.10. The molecule has 0 saturated carbocycles. The fraction of sp³-hybridized carbons (Fsp3) is 0.417. The first kappa shape index (κ1) is 9.81. The molecular weight excluding hydrogens is 204 g/mol. The second-order valence-electron chi connectivity index (χ2n) is 4.44. The van der Waals surface area contributed by atoms with Gasteiger partial charge in [-0.3, -0.25) is 15.0 Å². The van der Waals surface area contributed by atoms with E-state index < -0.39 is 5.60 Å². The Hall–Kier alpha value is -1.39. The van der Waals surface area contributed by atoms with Crippen LogP contribution in [0.1, 0.15) is 18.9 Å². The third-order valence-corrected chi connectivity index (χ3v) is 3.52. The molecule has 0 aromatic heterocycles. The van der Waals surface area contributed by atoms with Gasteiger partial charge in [0.2, 0.25) is 5.91 Å². The van der Waals surface area contributed by atoms with Gasteiger partial charge in [0, 0.05) is 19.0 Å². The SMILES string of the molecule is CC(=O)N1c2ccccc2[C@]2(O)CCN[C@H]12. The van der Waals surface area contributed by atoms with E-state index in [1.54, 1.807) is 4.90 Å². The van der Waals surface area contributed by atoms with Crippen LogP contribution in [0.3, 0.4) is 0 Å². The number of hydrogen-bond acceptors (Lipinski definition) is 3. The van der Waals surface area contributed by atoms with Crippen LogP contribution in [0.15, 0.2) is 24.3 Å². The molecule has 1 amide bonds. The molecule has 1 aromatic rings. The van der Waals surface area contributed by atoms with Gasteiger partial charge in [-0.2, -0.15) is 0 Å². The summed E-state index contributed by atoms with van der Waals surface area (Å²) in [6, 6.07) is 7.57. The predicted octanol–water partition coefficient (Wildman–Crippen LogP) is 0.560. The Morgan fingerprint density at radius 2 is 2.31 bits per heavy atom. The Morgan fingerprint density at radius 3 is 3.06 bits per heavy atom. The third kappa shape index (κ3) is 1.03. The van der Waals surface area contributed by atoms with Crippen molar-refractivity contribution < 1.29 is 9.90 Å². The summed E-state index contributed by atoms with van der Waals surface area (Å²) in [6.07, 6.45) is 0.348. The number of nitrogens with one attached hydrogen (secondary N) is 1. The molecule has 0 spiro atoms. The molecule has 2 N–H and O–H groups in total. The van der Waals surface area contributed by atoms with Crippen LogP contribution in [0.25, 0.3) is 0 Å². The van der Waals surface area contributed by atoms with E-state index in [1.807, 2.05) is 24.3 Å². The molecule has 1 aromatic carbocycles. The van der Waals surface area contributed by atoms with Crippen molar-refractivity contribution in [3.05, 3.63) is 29.8 Å². The number of hydrogen-bond donors (Lipinski definition) is 2. The van der Waals surface area contributed by atoms with Crippen molar-refractivity contribution in [1.82, 2.24) is 5.32 Å². The molecule has 84 valence electrons. The van der Waals surface area contributed by atoms with Crippen molar-refractivity contribution in [2.24, 2.45) is 0 Å². The maximum Gasteiger partial charge on any atom is 0.225 e. The maximum absolute atomic E-state index is 11.7. The van der Waals surface area contributed by atoms with Crippen LogP contribution in [0.4, 0.5) is 5.69 Å². The first-order valence-electron chi connectivity index (χ1n) is 5.49. The minimum absolute atomic E-state index is 0.0391. The van der Waals surface area contributed by atoms with Gasteiger partial charge in [-0.1, -0.05) is 18.2 Å². The van der Waals surface area contributed by atoms with E-state index in [-0.39, 0.29) is 12.1 Å². The number of amides is 1. The summed E-state index contributed by atoms with van der Waals surface area (Å²) in [5.74, 6) is -0.0391. The predicted molar refractivity (Wildman–Crippen MR) is 59.9 cm³/mol. The summed E-state index contributed by atoms with van der Waals surface area (Å²) in [6.45, 7) is 2.27. The summed E-state index contributed by atoms with van der Waals surface area (Å²) in [4.78, 5) is 13.3. The summed E-state index contributed by atoms with van der Waals surface area (Å²) in [5.41, 5.74) is 0.775. The van der Waals surface area contributed by atoms with E-state index in [9.17, 15) is 9.90 Å². The second-order valence-corrected chi connectivity index (χ2v) is 4.44. The monoisotopic (exact) mass is 218 g/mol. The van der Waals surface area contributed by atoms with Gasteiger partial charge in [0.05, 0.1) is 5.69 Å². The first-order chi connectivity index (χ1) is 7.64. The zero-order valence-corrected chi connectivity index (χ0v) is 9.10. The number of aliphatic hydroxyl groups is 1. The van der Waals surface area contributed by atoms with E-state index in [4.69, 9.17) is 0 Å². The summed E-state index contributed by atoms with van der Waals surface area (Å²) in [5, 5.41) is 13.8. The maximum atomic E-state index is 11.7. The fourth-order valence-electron chi connectivity index (χ4n) is 2.83. The highest BCUT2D eigenvalue weighted by atomic mass is 16.3. The standard InChI is InChI=1S/C12H14N2O2/c1-8(15)14-10-5-3-2-4-9(10)12(16)6-7-13-11(12)14/h2-5,11,13,16H,6-7H2,1H3/t11-,12-/m1/s1. The number of para-hydroxylation sites is 1. The van der Waals surface area contributed by atoms with E-state index in [0.717, 1.165) is 17.8 Å². The van der Waals surface area contributed by atoms with Crippen molar-refractivity contribution in [1.29, 1.82) is 0 Å². The van der Waals surface area contributed by atoms with Crippen molar-refractivity contribution in [2.45, 2.75) is 25.1 Å². The topological polar surface area (TPSA) is 52.6 Å². The molecule has 4 nitrogen and oxygen atoms in total. The number of carbonyl (C=O) groups excluding carboxylic acids is 1. The van der Waals surface area contributed by atoms with Crippen LogP contribution in [-0.2, 0) is 10.4 Å². The van der Waals surface area contributed by atoms with Gasteiger partial charge in [-0.15, -0.1) is 0 Å². The zero-order chi connectivity index (χ0) is 11.3. The van der Waals surface area contributed by atoms with Crippen LogP contribution in [-0.4, -0.2) is 23.7 Å². The summed E-state index contributed by atoms with van der Waals surface area (Å²) >= 11 is 0. The minimum Gasteiger partial charge on any atom is -0.381 e. The smallest absolute Gasteiger partial charge is 0.225 e. The lowest BCUT2D eigenvalue weighted by atomic mass is 9.93. The van der Waals surface area contributed by atoms with Gasteiger partial charge in [0.15, 0.2) is 0 Å². The molecule has 1 fully saturated rings. The third-order valence-electron chi connectivity index (χ3n) is 3.52. The quantitative estimate of drug-likeness (QED) is 0.669. The average Bonchev–Trinajstić information content (AvgIpc) is 2.71. The van der Waals surface area contributed by atoms with Gasteiger partial charge in [-0.05, 0) is 12.5 Å². The number of nitrogens with zero attached hydrogens (tertiary/aromatic N) is 1. The van der Waals surface area contributed by atoms with E-state index in [1.165, 1.54) is 6.92 Å². The van der Waals surface area contributed by atoms with Gasteiger partial charge < -0.3 is 5.11 Å². The molecule has 4 heteroatoms. The van der Waals surface area contributed by atoms with Crippen LogP contribution in [0, 0.1) is 0 Å². The van der Waals surface area contributed by atoms with Crippen molar-refractivity contribution in [2.75, 3.05) is 11.4 Å².